The van der Waals surface area contributed by atoms with Crippen molar-refractivity contribution in [2.75, 3.05) is 0 Å². The highest BCUT2D eigenvalue weighted by Crippen LogP contribution is 2.53. The molecular formula is C38H27NO. The lowest BCUT2D eigenvalue weighted by molar-refractivity contribution is 0.620. The van der Waals surface area contributed by atoms with E-state index in [2.05, 4.69) is 129 Å². The van der Waals surface area contributed by atoms with Crippen molar-refractivity contribution in [1.29, 1.82) is 0 Å². The zero-order valence-corrected chi connectivity index (χ0v) is 22.5. The molecule has 0 fully saturated rings. The third kappa shape index (κ3) is 3.39. The average molecular weight is 514 g/mol. The third-order valence-corrected chi connectivity index (χ3v) is 8.45. The predicted molar refractivity (Wildman–Crippen MR) is 165 cm³/mol. The van der Waals surface area contributed by atoms with Crippen LogP contribution in [0.1, 0.15) is 25.0 Å². The van der Waals surface area contributed by atoms with E-state index in [-0.39, 0.29) is 5.41 Å². The summed E-state index contributed by atoms with van der Waals surface area (Å²) in [6.45, 7) is 4.63. The smallest absolute Gasteiger partial charge is 0.140 e. The molecular weight excluding hydrogens is 486 g/mol. The molecule has 1 aliphatic carbocycles. The number of hydrogen-bond donors (Lipinski definition) is 0. The van der Waals surface area contributed by atoms with Crippen molar-refractivity contribution < 1.29 is 4.42 Å². The molecule has 190 valence electrons. The zero-order chi connectivity index (χ0) is 26.8. The minimum Gasteiger partial charge on any atom is -0.456 e. The molecule has 0 N–H and O–H groups in total. The number of aromatic nitrogens is 1. The molecule has 0 bridgehead atoms. The van der Waals surface area contributed by atoms with Crippen LogP contribution in [0.5, 0.6) is 0 Å². The van der Waals surface area contributed by atoms with Crippen molar-refractivity contribution in [1.82, 2.24) is 4.98 Å². The summed E-state index contributed by atoms with van der Waals surface area (Å²) >= 11 is 0. The zero-order valence-electron chi connectivity index (χ0n) is 22.5. The quantitative estimate of drug-likeness (QED) is 0.235. The van der Waals surface area contributed by atoms with Crippen molar-refractivity contribution in [2.24, 2.45) is 0 Å². The molecule has 2 heterocycles. The van der Waals surface area contributed by atoms with Crippen LogP contribution in [0.15, 0.2) is 132 Å². The van der Waals surface area contributed by atoms with Crippen LogP contribution in [0, 0.1) is 0 Å². The average Bonchev–Trinajstić information content (AvgIpc) is 3.50. The fourth-order valence-electron chi connectivity index (χ4n) is 6.46. The summed E-state index contributed by atoms with van der Waals surface area (Å²) in [5.41, 5.74) is 13.4. The van der Waals surface area contributed by atoms with E-state index in [1.54, 1.807) is 0 Å². The summed E-state index contributed by atoms with van der Waals surface area (Å²) in [6.07, 6.45) is 0. The highest BCUT2D eigenvalue weighted by atomic mass is 16.3. The van der Waals surface area contributed by atoms with Gasteiger partial charge in [-0.15, -0.1) is 0 Å². The highest BCUT2D eigenvalue weighted by Gasteiger charge is 2.38. The van der Waals surface area contributed by atoms with Gasteiger partial charge in [0.2, 0.25) is 0 Å². The first-order valence-electron chi connectivity index (χ1n) is 13.8. The number of furan rings is 1. The first kappa shape index (κ1) is 23.0. The molecule has 7 aromatic rings. The topological polar surface area (TPSA) is 26.0 Å². The maximum absolute atomic E-state index is 6.49. The molecule has 40 heavy (non-hydrogen) atoms. The number of para-hydroxylation sites is 1. The molecule has 2 aromatic heterocycles. The minimum absolute atomic E-state index is 0.215. The molecule has 0 saturated heterocycles. The Bertz CT molecular complexity index is 2010. The second kappa shape index (κ2) is 8.53. The van der Waals surface area contributed by atoms with Gasteiger partial charge in [-0.05, 0) is 58.1 Å². The van der Waals surface area contributed by atoms with E-state index in [0.29, 0.717) is 0 Å². The number of pyridine rings is 1. The van der Waals surface area contributed by atoms with Crippen LogP contribution in [-0.4, -0.2) is 4.98 Å². The lowest BCUT2D eigenvalue weighted by atomic mass is 9.81. The minimum atomic E-state index is -0.215. The molecule has 0 spiro atoms. The molecule has 2 nitrogen and oxygen atoms in total. The van der Waals surface area contributed by atoms with Gasteiger partial charge in [0.15, 0.2) is 0 Å². The van der Waals surface area contributed by atoms with E-state index < -0.39 is 0 Å². The highest BCUT2D eigenvalue weighted by molar-refractivity contribution is 6.09. The Kier molecular flexibility index (Phi) is 4.90. The van der Waals surface area contributed by atoms with Crippen molar-refractivity contribution in [3.63, 3.8) is 0 Å². The Morgan fingerprint density at radius 3 is 1.95 bits per heavy atom. The number of nitrogens with zero attached hydrogens (tertiary/aromatic N) is 1. The van der Waals surface area contributed by atoms with E-state index in [4.69, 9.17) is 9.40 Å². The van der Waals surface area contributed by atoms with Gasteiger partial charge in [-0.2, -0.15) is 0 Å². The maximum atomic E-state index is 6.49. The van der Waals surface area contributed by atoms with Crippen LogP contribution in [-0.2, 0) is 5.41 Å². The van der Waals surface area contributed by atoms with E-state index in [1.165, 1.54) is 38.6 Å². The monoisotopic (exact) mass is 513 g/mol. The summed E-state index contributed by atoms with van der Waals surface area (Å²) in [7, 11) is 0. The summed E-state index contributed by atoms with van der Waals surface area (Å²) in [5.74, 6) is 0. The molecule has 0 radical (unpaired) electrons. The fourth-order valence-corrected chi connectivity index (χ4v) is 6.46. The van der Waals surface area contributed by atoms with E-state index in [9.17, 15) is 0 Å². The maximum Gasteiger partial charge on any atom is 0.140 e. The molecule has 0 atom stereocenters. The van der Waals surface area contributed by atoms with E-state index in [1.807, 2.05) is 12.1 Å². The van der Waals surface area contributed by atoms with Crippen molar-refractivity contribution in [2.45, 2.75) is 19.3 Å². The van der Waals surface area contributed by atoms with Gasteiger partial charge >= 0.3 is 0 Å². The van der Waals surface area contributed by atoms with Crippen LogP contribution in [0.4, 0.5) is 0 Å². The van der Waals surface area contributed by atoms with Gasteiger partial charge in [0.25, 0.3) is 0 Å². The van der Waals surface area contributed by atoms with Crippen LogP contribution >= 0.6 is 0 Å². The van der Waals surface area contributed by atoms with Gasteiger partial charge in [0.05, 0.1) is 11.4 Å². The molecule has 2 heteroatoms. The Morgan fingerprint density at radius 1 is 0.525 bits per heavy atom. The van der Waals surface area contributed by atoms with Gasteiger partial charge in [-0.25, -0.2) is 4.98 Å². The first-order valence-corrected chi connectivity index (χ1v) is 13.8. The Hall–Kier alpha value is -4.95. The molecule has 0 saturated carbocycles. The summed E-state index contributed by atoms with van der Waals surface area (Å²) in [5, 5.41) is 2.35. The number of rotatable bonds is 3. The molecule has 0 aliphatic heterocycles. The van der Waals surface area contributed by atoms with Crippen molar-refractivity contribution in [3.05, 3.63) is 139 Å². The summed E-state index contributed by atoms with van der Waals surface area (Å²) in [4.78, 5) is 5.18. The largest absolute Gasteiger partial charge is 0.456 e. The Morgan fingerprint density at radius 2 is 1.18 bits per heavy atom. The standard InChI is InChI=1S/C38H27NO/c1-38(2)32-21-26(17-18-28(32)30-19-20-31-29-15-9-10-16-35(29)40-37(31)36(30)38)34-23-27(24-11-5-3-6-12-24)22-33(39-34)25-13-7-4-8-14-25/h3-23H,1-2H3. The van der Waals surface area contributed by atoms with Crippen LogP contribution < -0.4 is 0 Å². The van der Waals surface area contributed by atoms with Crippen LogP contribution in [0.3, 0.4) is 0 Å². The van der Waals surface area contributed by atoms with Gasteiger partial charge in [-0.1, -0.05) is 111 Å². The van der Waals surface area contributed by atoms with E-state index in [0.717, 1.165) is 39.2 Å². The lowest BCUT2D eigenvalue weighted by Crippen LogP contribution is -2.15. The summed E-state index contributed by atoms with van der Waals surface area (Å²) in [6, 6.07) is 45.1. The Balaban J connectivity index is 1.31. The van der Waals surface area contributed by atoms with Crippen molar-refractivity contribution in [3.8, 4) is 44.8 Å². The fraction of sp³-hybridized carbons (Fsp3) is 0.0789. The molecule has 0 amide bonds. The first-order chi connectivity index (χ1) is 19.6. The normalized spacial score (nSPS) is 13.4. The van der Waals surface area contributed by atoms with Crippen LogP contribution in [0.2, 0.25) is 0 Å². The number of hydrogen-bond acceptors (Lipinski definition) is 2. The molecule has 0 unspecified atom stereocenters. The second-order valence-electron chi connectivity index (χ2n) is 11.2. The summed E-state index contributed by atoms with van der Waals surface area (Å²) < 4.78 is 6.49. The molecule has 5 aromatic carbocycles. The van der Waals surface area contributed by atoms with Gasteiger partial charge in [-0.3, -0.25) is 0 Å². The van der Waals surface area contributed by atoms with Crippen LogP contribution in [0.25, 0.3) is 66.7 Å². The second-order valence-corrected chi connectivity index (χ2v) is 11.2. The molecule has 1 aliphatic rings. The predicted octanol–water partition coefficient (Wildman–Crippen LogP) is 10.3. The number of fused-ring (bicyclic) bond motifs is 7. The van der Waals surface area contributed by atoms with Gasteiger partial charge in [0.1, 0.15) is 11.2 Å². The van der Waals surface area contributed by atoms with Gasteiger partial charge in [0, 0.05) is 32.9 Å². The lowest BCUT2D eigenvalue weighted by Gasteiger charge is -2.22. The Labute approximate surface area is 233 Å². The molecule has 8 rings (SSSR count). The SMILES string of the molecule is CC1(C)c2cc(-c3cc(-c4ccccc4)cc(-c4ccccc4)n3)ccc2-c2ccc3c(oc4ccccc43)c21. The van der Waals surface area contributed by atoms with E-state index >= 15 is 0 Å². The van der Waals surface area contributed by atoms with Gasteiger partial charge < -0.3 is 4.42 Å². The third-order valence-electron chi connectivity index (χ3n) is 8.45. The van der Waals surface area contributed by atoms with Crippen molar-refractivity contribution >= 4 is 21.9 Å². The number of benzene rings is 5.